The molecule has 0 aliphatic heterocycles. The van der Waals surface area contributed by atoms with Gasteiger partial charge in [0.15, 0.2) is 16.3 Å². The molecule has 0 aromatic carbocycles. The van der Waals surface area contributed by atoms with Crippen molar-refractivity contribution in [3.8, 4) is 5.88 Å². The van der Waals surface area contributed by atoms with Crippen molar-refractivity contribution in [3.63, 3.8) is 0 Å². The average Bonchev–Trinajstić information content (AvgIpc) is 2.14. The number of sulfonamides is 1. The second-order valence-electron chi connectivity index (χ2n) is 2.79. The van der Waals surface area contributed by atoms with Crippen LogP contribution in [-0.2, 0) is 10.0 Å². The summed E-state index contributed by atoms with van der Waals surface area (Å²) in [5.74, 6) is -0.265. The molecule has 0 atom stereocenters. The van der Waals surface area contributed by atoms with Crippen LogP contribution in [0.5, 0.6) is 5.88 Å². The minimum Gasteiger partial charge on any atom is -0.482 e. The van der Waals surface area contributed by atoms with E-state index in [0.717, 1.165) is 13.2 Å². The van der Waals surface area contributed by atoms with Crippen molar-refractivity contribution >= 4 is 10.0 Å². The van der Waals surface area contributed by atoms with E-state index in [1.54, 1.807) is 0 Å². The van der Waals surface area contributed by atoms with E-state index >= 15 is 0 Å². The number of ether oxygens (including phenoxy) is 1. The molecule has 90 valence electrons. The van der Waals surface area contributed by atoms with Gasteiger partial charge in [-0.05, 0) is 0 Å². The van der Waals surface area contributed by atoms with E-state index in [4.69, 9.17) is 5.14 Å². The standard InChI is InChI=1S/C7H8F2N2O4S/c1-15-4-2-3(12)5(6(8)9)7(11-4)16(10,13)14/h2,6H,1H3,(H,11,12)(H2,10,13,14). The Morgan fingerprint density at radius 1 is 1.50 bits per heavy atom. The van der Waals surface area contributed by atoms with Crippen LogP contribution in [0, 0.1) is 0 Å². The minimum absolute atomic E-state index is 0.265. The Hall–Kier alpha value is -1.48. The van der Waals surface area contributed by atoms with E-state index in [0.29, 0.717) is 0 Å². The Bertz CT molecular complexity index is 552. The average molecular weight is 254 g/mol. The van der Waals surface area contributed by atoms with E-state index in [1.165, 1.54) is 0 Å². The van der Waals surface area contributed by atoms with Gasteiger partial charge in [0.1, 0.15) is 5.56 Å². The number of primary sulfonamides is 1. The fraction of sp³-hybridized carbons (Fsp3) is 0.286. The van der Waals surface area contributed by atoms with Gasteiger partial charge in [-0.2, -0.15) is 0 Å². The van der Waals surface area contributed by atoms with Gasteiger partial charge in [0.05, 0.1) is 7.11 Å². The third-order valence-electron chi connectivity index (χ3n) is 1.73. The number of alkyl halides is 2. The third kappa shape index (κ3) is 2.36. The molecule has 0 spiro atoms. The number of nitrogens with two attached hydrogens (primary N) is 1. The van der Waals surface area contributed by atoms with Crippen molar-refractivity contribution in [2.24, 2.45) is 5.14 Å². The molecule has 1 aromatic heterocycles. The summed E-state index contributed by atoms with van der Waals surface area (Å²) in [6, 6.07) is 0.718. The van der Waals surface area contributed by atoms with Gasteiger partial charge in [-0.3, -0.25) is 4.79 Å². The van der Waals surface area contributed by atoms with Crippen molar-refractivity contribution in [1.82, 2.24) is 4.98 Å². The summed E-state index contributed by atoms with van der Waals surface area (Å²) in [5.41, 5.74) is -2.35. The fourth-order valence-electron chi connectivity index (χ4n) is 1.07. The van der Waals surface area contributed by atoms with Crippen LogP contribution in [0.4, 0.5) is 8.78 Å². The second kappa shape index (κ2) is 4.18. The van der Waals surface area contributed by atoms with Gasteiger partial charge >= 0.3 is 0 Å². The molecule has 0 fully saturated rings. The van der Waals surface area contributed by atoms with Crippen LogP contribution >= 0.6 is 0 Å². The van der Waals surface area contributed by atoms with Crippen LogP contribution < -0.4 is 15.3 Å². The highest BCUT2D eigenvalue weighted by Crippen LogP contribution is 2.22. The zero-order chi connectivity index (χ0) is 12.5. The summed E-state index contributed by atoms with van der Waals surface area (Å²) in [4.78, 5) is 13.2. The quantitative estimate of drug-likeness (QED) is 0.790. The van der Waals surface area contributed by atoms with Crippen molar-refractivity contribution in [1.29, 1.82) is 0 Å². The number of hydrogen-bond donors (Lipinski definition) is 2. The van der Waals surface area contributed by atoms with Crippen molar-refractivity contribution in [3.05, 3.63) is 21.9 Å². The highest BCUT2D eigenvalue weighted by atomic mass is 32.2. The van der Waals surface area contributed by atoms with Gasteiger partial charge in [-0.25, -0.2) is 22.3 Å². The Morgan fingerprint density at radius 2 is 2.06 bits per heavy atom. The topological polar surface area (TPSA) is 102 Å². The predicted molar refractivity (Wildman–Crippen MR) is 49.9 cm³/mol. The summed E-state index contributed by atoms with van der Waals surface area (Å²) in [5, 5.41) is 3.67. The van der Waals surface area contributed by atoms with Crippen molar-refractivity contribution in [2.45, 2.75) is 11.5 Å². The van der Waals surface area contributed by atoms with Crippen molar-refractivity contribution in [2.75, 3.05) is 7.11 Å². The Labute approximate surface area is 89.1 Å². The van der Waals surface area contributed by atoms with Gasteiger partial charge in [0, 0.05) is 6.07 Å². The summed E-state index contributed by atoms with van der Waals surface area (Å²) in [6.07, 6.45) is -3.25. The van der Waals surface area contributed by atoms with Crippen LogP contribution in [0.2, 0.25) is 0 Å². The molecular formula is C7H8F2N2O4S. The van der Waals surface area contributed by atoms with Gasteiger partial charge in [-0.15, -0.1) is 0 Å². The van der Waals surface area contributed by atoms with E-state index in [2.05, 4.69) is 4.74 Å². The Morgan fingerprint density at radius 3 is 2.44 bits per heavy atom. The molecule has 0 aliphatic carbocycles. The maximum Gasteiger partial charge on any atom is 0.270 e. The van der Waals surface area contributed by atoms with Crippen LogP contribution in [-0.4, -0.2) is 20.5 Å². The summed E-state index contributed by atoms with van der Waals surface area (Å²) < 4.78 is 51.5. The first-order chi connectivity index (χ1) is 7.27. The zero-order valence-corrected chi connectivity index (χ0v) is 8.85. The van der Waals surface area contributed by atoms with Gasteiger partial charge in [0.2, 0.25) is 0 Å². The molecule has 1 rings (SSSR count). The molecule has 0 amide bonds. The molecule has 0 aliphatic rings. The molecule has 6 nitrogen and oxygen atoms in total. The van der Waals surface area contributed by atoms with E-state index in [9.17, 15) is 22.0 Å². The Balaban J connectivity index is 3.67. The van der Waals surface area contributed by atoms with Gasteiger partial charge < -0.3 is 9.72 Å². The van der Waals surface area contributed by atoms with Gasteiger partial charge in [0.25, 0.3) is 16.4 Å². The van der Waals surface area contributed by atoms with Gasteiger partial charge in [-0.1, -0.05) is 0 Å². The van der Waals surface area contributed by atoms with Crippen LogP contribution in [0.15, 0.2) is 15.9 Å². The lowest BCUT2D eigenvalue weighted by Crippen LogP contribution is -2.22. The molecule has 9 heteroatoms. The number of hydrogen-bond acceptors (Lipinski definition) is 4. The summed E-state index contributed by atoms with van der Waals surface area (Å²) in [7, 11) is -3.31. The molecule has 0 radical (unpaired) electrons. The van der Waals surface area contributed by atoms with Crippen molar-refractivity contribution < 1.29 is 21.9 Å². The number of methoxy groups -OCH3 is 1. The van der Waals surface area contributed by atoms with Crippen LogP contribution in [0.25, 0.3) is 0 Å². The van der Waals surface area contributed by atoms with E-state index < -0.39 is 32.5 Å². The summed E-state index contributed by atoms with van der Waals surface area (Å²) in [6.45, 7) is 0. The maximum atomic E-state index is 12.5. The number of H-pyrrole nitrogens is 1. The molecule has 0 saturated carbocycles. The number of halogens is 2. The molecular weight excluding hydrogens is 246 g/mol. The number of rotatable bonds is 3. The number of aromatic nitrogens is 1. The van der Waals surface area contributed by atoms with Crippen LogP contribution in [0.3, 0.4) is 0 Å². The van der Waals surface area contributed by atoms with E-state index in [1.807, 2.05) is 4.98 Å². The number of pyridine rings is 1. The molecule has 0 bridgehead atoms. The smallest absolute Gasteiger partial charge is 0.270 e. The molecule has 0 saturated heterocycles. The first-order valence-corrected chi connectivity index (χ1v) is 5.44. The largest absolute Gasteiger partial charge is 0.482 e. The first-order valence-electron chi connectivity index (χ1n) is 3.89. The SMILES string of the molecule is COc1cc(=O)c(C(F)F)c(S(N)(=O)=O)[nH]1. The maximum absolute atomic E-state index is 12.5. The fourth-order valence-corrected chi connectivity index (χ4v) is 1.80. The molecule has 16 heavy (non-hydrogen) atoms. The highest BCUT2D eigenvalue weighted by Gasteiger charge is 2.25. The lowest BCUT2D eigenvalue weighted by molar-refractivity contribution is 0.145. The monoisotopic (exact) mass is 254 g/mol. The zero-order valence-electron chi connectivity index (χ0n) is 8.03. The number of aromatic amines is 1. The number of nitrogens with one attached hydrogen (secondary N) is 1. The molecule has 1 heterocycles. The van der Waals surface area contributed by atoms with Crippen LogP contribution in [0.1, 0.15) is 12.0 Å². The second-order valence-corrected chi connectivity index (χ2v) is 4.29. The lowest BCUT2D eigenvalue weighted by atomic mass is 10.3. The molecule has 1 aromatic rings. The predicted octanol–water partition coefficient (Wildman–Crippen LogP) is -0.0315. The Kier molecular flexibility index (Phi) is 3.29. The highest BCUT2D eigenvalue weighted by molar-refractivity contribution is 7.89. The minimum atomic E-state index is -4.45. The lowest BCUT2D eigenvalue weighted by Gasteiger charge is -2.08. The summed E-state index contributed by atoms with van der Waals surface area (Å²) >= 11 is 0. The van der Waals surface area contributed by atoms with E-state index in [-0.39, 0.29) is 5.88 Å². The normalized spacial score (nSPS) is 11.8. The first kappa shape index (κ1) is 12.6. The molecule has 0 unspecified atom stereocenters. The molecule has 3 N–H and O–H groups in total. The third-order valence-corrected chi connectivity index (χ3v) is 2.62.